The van der Waals surface area contributed by atoms with Gasteiger partial charge in [0.25, 0.3) is 0 Å². The van der Waals surface area contributed by atoms with Crippen molar-refractivity contribution < 1.29 is 14.3 Å². The predicted octanol–water partition coefficient (Wildman–Crippen LogP) is 5.42. The zero-order valence-electron chi connectivity index (χ0n) is 20.5. The summed E-state index contributed by atoms with van der Waals surface area (Å²) in [7, 11) is 1.62. The van der Waals surface area contributed by atoms with Gasteiger partial charge < -0.3 is 20.1 Å². The highest BCUT2D eigenvalue weighted by molar-refractivity contribution is 7.80. The van der Waals surface area contributed by atoms with Crippen molar-refractivity contribution in [1.82, 2.24) is 5.32 Å². The molecule has 3 atom stereocenters. The van der Waals surface area contributed by atoms with Gasteiger partial charge in [-0.05, 0) is 69.2 Å². The molecule has 2 aliphatic heterocycles. The van der Waals surface area contributed by atoms with Crippen LogP contribution in [0.3, 0.4) is 0 Å². The molecule has 0 aliphatic carbocycles. The van der Waals surface area contributed by atoms with Gasteiger partial charge in [0.15, 0.2) is 22.3 Å². The van der Waals surface area contributed by atoms with Crippen LogP contribution in [0.2, 0.25) is 0 Å². The van der Waals surface area contributed by atoms with Gasteiger partial charge in [-0.25, -0.2) is 0 Å². The van der Waals surface area contributed by atoms with Crippen LogP contribution < -0.4 is 25.0 Å². The zero-order chi connectivity index (χ0) is 24.9. The number of anilines is 2. The molecule has 0 aromatic heterocycles. The largest absolute Gasteiger partial charge is 0.493 e. The minimum Gasteiger partial charge on any atom is -0.493 e. The molecule has 180 valence electrons. The van der Waals surface area contributed by atoms with E-state index in [0.29, 0.717) is 16.6 Å². The minimum atomic E-state index is -1.11. The zero-order valence-corrected chi connectivity index (χ0v) is 21.3. The van der Waals surface area contributed by atoms with Crippen LogP contribution in [0.5, 0.6) is 11.5 Å². The van der Waals surface area contributed by atoms with Crippen LogP contribution in [0.25, 0.3) is 0 Å². The van der Waals surface area contributed by atoms with Gasteiger partial charge in [-0.1, -0.05) is 48.0 Å². The SMILES string of the molecule is COc1cccc2c1O[C@@]1(C)[C@@H](C(=O)Nc3ccc(C)cc3C)[C@H]2NC(=S)N1c1ccccc1C. The lowest BCUT2D eigenvalue weighted by atomic mass is 9.78. The highest BCUT2D eigenvalue weighted by Gasteiger charge is 2.59. The van der Waals surface area contributed by atoms with Gasteiger partial charge in [0.1, 0.15) is 5.92 Å². The molecule has 3 aromatic carbocycles. The number of para-hydroxylation sites is 2. The van der Waals surface area contributed by atoms with Crippen molar-refractivity contribution in [3.05, 3.63) is 82.9 Å². The van der Waals surface area contributed by atoms with E-state index in [1.54, 1.807) is 7.11 Å². The molecule has 5 rings (SSSR count). The Balaban J connectivity index is 1.66. The van der Waals surface area contributed by atoms with Crippen molar-refractivity contribution in [2.24, 2.45) is 5.92 Å². The Morgan fingerprint density at radius 3 is 2.57 bits per heavy atom. The molecule has 1 fully saturated rings. The van der Waals surface area contributed by atoms with E-state index in [1.165, 1.54) is 0 Å². The fraction of sp³-hybridized carbons (Fsp3) is 0.286. The number of carbonyl (C=O) groups excluding carboxylic acids is 1. The molecule has 2 aliphatic rings. The second-order valence-corrected chi connectivity index (χ2v) is 9.76. The number of fused-ring (bicyclic) bond motifs is 4. The van der Waals surface area contributed by atoms with Gasteiger partial charge in [0.2, 0.25) is 5.91 Å². The van der Waals surface area contributed by atoms with Gasteiger partial charge in [-0.15, -0.1) is 0 Å². The average molecular weight is 488 g/mol. The number of benzene rings is 3. The lowest BCUT2D eigenvalue weighted by molar-refractivity contribution is -0.130. The molecule has 1 saturated heterocycles. The molecular weight excluding hydrogens is 458 g/mol. The fourth-order valence-electron chi connectivity index (χ4n) is 5.27. The number of amides is 1. The molecule has 35 heavy (non-hydrogen) atoms. The van der Waals surface area contributed by atoms with Crippen molar-refractivity contribution in [2.45, 2.75) is 39.5 Å². The van der Waals surface area contributed by atoms with Crippen molar-refractivity contribution >= 4 is 34.6 Å². The van der Waals surface area contributed by atoms with Gasteiger partial charge in [0, 0.05) is 16.9 Å². The molecule has 2 N–H and O–H groups in total. The first-order chi connectivity index (χ1) is 16.7. The summed E-state index contributed by atoms with van der Waals surface area (Å²) in [5.74, 6) is 0.471. The lowest BCUT2D eigenvalue weighted by Crippen LogP contribution is -2.72. The summed E-state index contributed by atoms with van der Waals surface area (Å²) >= 11 is 5.86. The fourth-order valence-corrected chi connectivity index (χ4v) is 5.68. The molecule has 2 heterocycles. The van der Waals surface area contributed by atoms with Gasteiger partial charge >= 0.3 is 0 Å². The van der Waals surface area contributed by atoms with Crippen LogP contribution in [-0.4, -0.2) is 23.9 Å². The van der Waals surface area contributed by atoms with Crippen LogP contribution in [0.4, 0.5) is 11.4 Å². The van der Waals surface area contributed by atoms with E-state index in [0.717, 1.165) is 33.6 Å². The van der Waals surface area contributed by atoms with E-state index in [1.807, 2.05) is 87.2 Å². The summed E-state index contributed by atoms with van der Waals surface area (Å²) in [6.07, 6.45) is 0. The lowest BCUT2D eigenvalue weighted by Gasteiger charge is -2.56. The monoisotopic (exact) mass is 487 g/mol. The van der Waals surface area contributed by atoms with E-state index >= 15 is 0 Å². The number of thiocarbonyl (C=S) groups is 1. The second-order valence-electron chi connectivity index (χ2n) is 9.37. The van der Waals surface area contributed by atoms with Gasteiger partial charge in [-0.2, -0.15) is 0 Å². The average Bonchev–Trinajstić information content (AvgIpc) is 2.81. The van der Waals surface area contributed by atoms with Gasteiger partial charge in [-0.3, -0.25) is 9.69 Å². The van der Waals surface area contributed by atoms with Crippen LogP contribution in [0, 0.1) is 26.7 Å². The standard InChI is InChI=1S/C28H29N3O3S/c1-16-13-14-20(18(3)15-16)29-26(32)23-24-19-10-8-12-22(33-5)25(19)34-28(23,4)31(27(35)30-24)21-11-7-6-9-17(21)2/h6-15,23-24H,1-5H3,(H,29,32)(H,30,35)/t23-,24+,28+/m1/s1. The summed E-state index contributed by atoms with van der Waals surface area (Å²) in [4.78, 5) is 16.0. The number of carbonyl (C=O) groups is 1. The Morgan fingerprint density at radius 2 is 1.86 bits per heavy atom. The number of methoxy groups -OCH3 is 1. The summed E-state index contributed by atoms with van der Waals surface area (Å²) in [6, 6.07) is 19.3. The van der Waals surface area contributed by atoms with Gasteiger partial charge in [0.05, 0.1) is 13.2 Å². The van der Waals surface area contributed by atoms with Crippen molar-refractivity contribution in [3.8, 4) is 11.5 Å². The topological polar surface area (TPSA) is 62.8 Å². The number of hydrogen-bond donors (Lipinski definition) is 2. The minimum absolute atomic E-state index is 0.147. The number of hydrogen-bond acceptors (Lipinski definition) is 4. The highest BCUT2D eigenvalue weighted by Crippen LogP contribution is 2.52. The smallest absolute Gasteiger partial charge is 0.236 e. The second kappa shape index (κ2) is 8.57. The maximum absolute atomic E-state index is 14.0. The summed E-state index contributed by atoms with van der Waals surface area (Å²) in [5, 5.41) is 7.13. The Labute approximate surface area is 211 Å². The molecule has 6 nitrogen and oxygen atoms in total. The summed E-state index contributed by atoms with van der Waals surface area (Å²) in [5.41, 5.74) is 4.57. The normalized spacial score (nSPS) is 22.5. The Bertz CT molecular complexity index is 1340. The first kappa shape index (κ1) is 23.2. The number of aryl methyl sites for hydroxylation is 3. The molecule has 0 radical (unpaired) electrons. The van der Waals surface area contributed by atoms with E-state index in [-0.39, 0.29) is 5.91 Å². The number of ether oxygens (including phenoxy) is 2. The maximum atomic E-state index is 14.0. The number of rotatable bonds is 4. The third-order valence-electron chi connectivity index (χ3n) is 6.99. The molecule has 0 saturated carbocycles. The van der Waals surface area contributed by atoms with E-state index in [2.05, 4.69) is 16.7 Å². The van der Waals surface area contributed by atoms with E-state index in [4.69, 9.17) is 21.7 Å². The molecule has 0 unspecified atom stereocenters. The van der Waals surface area contributed by atoms with Crippen LogP contribution in [0.15, 0.2) is 60.7 Å². The van der Waals surface area contributed by atoms with Crippen molar-refractivity contribution in [2.75, 3.05) is 17.3 Å². The molecule has 2 bridgehead atoms. The van der Waals surface area contributed by atoms with Crippen molar-refractivity contribution in [1.29, 1.82) is 0 Å². The quantitative estimate of drug-likeness (QED) is 0.479. The molecule has 1 amide bonds. The Kier molecular flexibility index (Phi) is 5.68. The summed E-state index contributed by atoms with van der Waals surface area (Å²) < 4.78 is 12.4. The predicted molar refractivity (Wildman–Crippen MR) is 142 cm³/mol. The van der Waals surface area contributed by atoms with Crippen LogP contribution in [0.1, 0.15) is 35.2 Å². The third-order valence-corrected chi connectivity index (χ3v) is 7.29. The van der Waals surface area contributed by atoms with Crippen molar-refractivity contribution in [3.63, 3.8) is 0 Å². The highest BCUT2D eigenvalue weighted by atomic mass is 32.1. The third kappa shape index (κ3) is 3.71. The maximum Gasteiger partial charge on any atom is 0.236 e. The van der Waals surface area contributed by atoms with Crippen LogP contribution in [-0.2, 0) is 4.79 Å². The summed E-state index contributed by atoms with van der Waals surface area (Å²) in [6.45, 7) is 7.99. The molecule has 3 aromatic rings. The van der Waals surface area contributed by atoms with E-state index in [9.17, 15) is 4.79 Å². The van der Waals surface area contributed by atoms with Crippen LogP contribution >= 0.6 is 12.2 Å². The first-order valence-corrected chi connectivity index (χ1v) is 12.1. The molecule has 0 spiro atoms. The molecule has 7 heteroatoms. The first-order valence-electron chi connectivity index (χ1n) is 11.6. The number of nitrogens with one attached hydrogen (secondary N) is 2. The number of nitrogens with zero attached hydrogens (tertiary/aromatic N) is 1. The molecular formula is C28H29N3O3S. The Hall–Kier alpha value is -3.58. The van der Waals surface area contributed by atoms with E-state index < -0.39 is 17.7 Å². The Morgan fingerprint density at radius 1 is 1.09 bits per heavy atom.